The fourth-order valence-electron chi connectivity index (χ4n) is 1.66. The van der Waals surface area contributed by atoms with Crippen molar-refractivity contribution in [2.24, 2.45) is 0 Å². The van der Waals surface area contributed by atoms with E-state index in [1.165, 1.54) is 40.9 Å². The molecule has 0 amide bonds. The second-order valence-electron chi connectivity index (χ2n) is 4.31. The zero-order valence-electron chi connectivity index (χ0n) is 11.0. The minimum Gasteiger partial charge on any atom is -0.399 e. The zero-order valence-corrected chi connectivity index (χ0v) is 13.4. The number of aromatic nitrogens is 1. The van der Waals surface area contributed by atoms with Gasteiger partial charge < -0.3 is 5.73 Å². The summed E-state index contributed by atoms with van der Waals surface area (Å²) in [6.45, 7) is 2.11. The van der Waals surface area contributed by atoms with Gasteiger partial charge in [-0.25, -0.2) is 13.4 Å². The summed E-state index contributed by atoms with van der Waals surface area (Å²) in [5, 5.41) is 0.123. The van der Waals surface area contributed by atoms with Gasteiger partial charge in [-0.1, -0.05) is 11.6 Å². The van der Waals surface area contributed by atoms with Crippen LogP contribution in [0.1, 0.15) is 10.6 Å². The molecular weight excluding hydrogens is 318 g/mol. The Morgan fingerprint density at radius 2 is 2.15 bits per heavy atom. The molecule has 1 aromatic heterocycles. The van der Waals surface area contributed by atoms with Gasteiger partial charge in [-0.15, -0.1) is 11.3 Å². The number of hydrogen-bond acceptors (Lipinski definition) is 5. The first-order chi connectivity index (χ1) is 9.32. The molecule has 0 bridgehead atoms. The number of sulfonamides is 1. The normalized spacial score (nSPS) is 12.0. The van der Waals surface area contributed by atoms with Crippen LogP contribution in [0.5, 0.6) is 0 Å². The topological polar surface area (TPSA) is 76.3 Å². The van der Waals surface area contributed by atoms with E-state index in [1.54, 1.807) is 5.51 Å². The van der Waals surface area contributed by atoms with Crippen LogP contribution < -0.4 is 5.73 Å². The summed E-state index contributed by atoms with van der Waals surface area (Å²) in [6, 6.07) is 4.37. The number of anilines is 1. The lowest BCUT2D eigenvalue weighted by molar-refractivity contribution is 0.469. The third kappa shape index (κ3) is 2.95. The van der Waals surface area contributed by atoms with E-state index in [2.05, 4.69) is 4.98 Å². The molecule has 20 heavy (non-hydrogen) atoms. The van der Waals surface area contributed by atoms with Gasteiger partial charge in [0.2, 0.25) is 10.0 Å². The second kappa shape index (κ2) is 5.69. The fraction of sp³-hybridized carbons (Fsp3) is 0.250. The van der Waals surface area contributed by atoms with Crippen LogP contribution in [0.3, 0.4) is 0 Å². The Morgan fingerprint density at radius 1 is 1.45 bits per heavy atom. The molecule has 0 unspecified atom stereocenters. The van der Waals surface area contributed by atoms with Gasteiger partial charge in [0, 0.05) is 24.2 Å². The number of halogens is 1. The minimum atomic E-state index is -3.65. The van der Waals surface area contributed by atoms with Crippen molar-refractivity contribution in [3.05, 3.63) is 39.3 Å². The summed E-state index contributed by atoms with van der Waals surface area (Å²) in [7, 11) is -2.14. The highest BCUT2D eigenvalue weighted by Gasteiger charge is 2.24. The Hall–Kier alpha value is -1.15. The summed E-state index contributed by atoms with van der Waals surface area (Å²) in [6.07, 6.45) is 0. The predicted octanol–water partition coefficient (Wildman–Crippen LogP) is 2.51. The molecule has 0 aliphatic carbocycles. The lowest BCUT2D eigenvalue weighted by Gasteiger charge is -2.17. The molecule has 8 heteroatoms. The van der Waals surface area contributed by atoms with E-state index >= 15 is 0 Å². The van der Waals surface area contributed by atoms with Gasteiger partial charge in [0.1, 0.15) is 4.90 Å². The number of aryl methyl sites for hydroxylation is 1. The van der Waals surface area contributed by atoms with Gasteiger partial charge in [0.05, 0.1) is 16.2 Å². The van der Waals surface area contributed by atoms with E-state index in [1.807, 2.05) is 6.92 Å². The molecule has 0 spiro atoms. The molecule has 2 N–H and O–H groups in total. The molecule has 0 aliphatic heterocycles. The van der Waals surface area contributed by atoms with Crippen LogP contribution in [0.25, 0.3) is 0 Å². The SMILES string of the molecule is Cc1ncsc1CN(C)S(=O)(=O)c1ccc(N)cc1Cl. The standard InChI is InChI=1S/C12H14ClN3O2S2/c1-8-11(19-7-15-8)6-16(2)20(17,18)12-4-3-9(14)5-10(12)13/h3-5,7H,6,14H2,1-2H3. The summed E-state index contributed by atoms with van der Waals surface area (Å²) in [5.74, 6) is 0. The summed E-state index contributed by atoms with van der Waals surface area (Å²) >= 11 is 7.40. The Balaban J connectivity index is 2.32. The third-order valence-electron chi connectivity index (χ3n) is 2.86. The average molecular weight is 332 g/mol. The van der Waals surface area contributed by atoms with Crippen molar-refractivity contribution >= 4 is 38.6 Å². The number of rotatable bonds is 4. The highest BCUT2D eigenvalue weighted by Crippen LogP contribution is 2.27. The van der Waals surface area contributed by atoms with Gasteiger partial charge >= 0.3 is 0 Å². The van der Waals surface area contributed by atoms with Crippen molar-refractivity contribution in [3.8, 4) is 0 Å². The van der Waals surface area contributed by atoms with Crippen LogP contribution in [0.2, 0.25) is 5.02 Å². The molecular formula is C12H14ClN3O2S2. The number of hydrogen-bond donors (Lipinski definition) is 1. The average Bonchev–Trinajstić information content (AvgIpc) is 2.74. The quantitative estimate of drug-likeness (QED) is 0.873. The predicted molar refractivity (Wildman–Crippen MR) is 81.4 cm³/mol. The van der Waals surface area contributed by atoms with E-state index in [0.717, 1.165) is 10.6 Å². The lowest BCUT2D eigenvalue weighted by atomic mass is 10.3. The van der Waals surface area contributed by atoms with Crippen LogP contribution >= 0.6 is 22.9 Å². The monoisotopic (exact) mass is 331 g/mol. The molecule has 0 saturated heterocycles. The Bertz CT molecular complexity index is 728. The van der Waals surface area contributed by atoms with Crippen LogP contribution in [0.4, 0.5) is 5.69 Å². The number of thiazole rings is 1. The van der Waals surface area contributed by atoms with Crippen LogP contribution in [0, 0.1) is 6.92 Å². The highest BCUT2D eigenvalue weighted by atomic mass is 35.5. The van der Waals surface area contributed by atoms with Crippen LogP contribution in [-0.2, 0) is 16.6 Å². The number of benzene rings is 1. The number of nitrogens with zero attached hydrogens (tertiary/aromatic N) is 2. The molecule has 108 valence electrons. The molecule has 2 rings (SSSR count). The van der Waals surface area contributed by atoms with E-state index in [-0.39, 0.29) is 16.5 Å². The smallest absolute Gasteiger partial charge is 0.244 e. The van der Waals surface area contributed by atoms with E-state index in [9.17, 15) is 8.42 Å². The van der Waals surface area contributed by atoms with Crippen molar-refractivity contribution in [1.82, 2.24) is 9.29 Å². The van der Waals surface area contributed by atoms with Gasteiger partial charge in [-0.05, 0) is 25.1 Å². The highest BCUT2D eigenvalue weighted by molar-refractivity contribution is 7.89. The number of nitrogen functional groups attached to an aromatic ring is 1. The van der Waals surface area contributed by atoms with Crippen molar-refractivity contribution < 1.29 is 8.42 Å². The summed E-state index contributed by atoms with van der Waals surface area (Å²) in [4.78, 5) is 5.07. The van der Waals surface area contributed by atoms with Gasteiger partial charge in [0.15, 0.2) is 0 Å². The maximum absolute atomic E-state index is 12.5. The molecule has 1 aromatic carbocycles. The molecule has 0 saturated carbocycles. The van der Waals surface area contributed by atoms with E-state index in [4.69, 9.17) is 17.3 Å². The van der Waals surface area contributed by atoms with Crippen LogP contribution in [-0.4, -0.2) is 24.8 Å². The fourth-order valence-corrected chi connectivity index (χ4v) is 4.23. The molecule has 0 radical (unpaired) electrons. The Morgan fingerprint density at radius 3 is 2.70 bits per heavy atom. The van der Waals surface area contributed by atoms with E-state index < -0.39 is 10.0 Å². The van der Waals surface area contributed by atoms with E-state index in [0.29, 0.717) is 5.69 Å². The molecule has 0 atom stereocenters. The molecule has 5 nitrogen and oxygen atoms in total. The molecule has 0 fully saturated rings. The van der Waals surface area contributed by atoms with Crippen molar-refractivity contribution in [2.45, 2.75) is 18.4 Å². The molecule has 2 aromatic rings. The van der Waals surface area contributed by atoms with Gasteiger partial charge in [-0.2, -0.15) is 4.31 Å². The lowest BCUT2D eigenvalue weighted by Crippen LogP contribution is -2.26. The first-order valence-corrected chi connectivity index (χ1v) is 8.42. The van der Waals surface area contributed by atoms with Crippen molar-refractivity contribution in [1.29, 1.82) is 0 Å². The number of nitrogens with two attached hydrogens (primary N) is 1. The van der Waals surface area contributed by atoms with Crippen LogP contribution in [0.15, 0.2) is 28.6 Å². The Labute approximate surface area is 127 Å². The molecule has 1 heterocycles. The largest absolute Gasteiger partial charge is 0.399 e. The van der Waals surface area contributed by atoms with Crippen molar-refractivity contribution in [3.63, 3.8) is 0 Å². The summed E-state index contributed by atoms with van der Waals surface area (Å²) < 4.78 is 26.2. The van der Waals surface area contributed by atoms with Crippen molar-refractivity contribution in [2.75, 3.05) is 12.8 Å². The van der Waals surface area contributed by atoms with Gasteiger partial charge in [0.25, 0.3) is 0 Å². The zero-order chi connectivity index (χ0) is 14.9. The third-order valence-corrected chi connectivity index (χ3v) is 6.06. The first kappa shape index (κ1) is 15.2. The molecule has 0 aliphatic rings. The maximum atomic E-state index is 12.5. The first-order valence-electron chi connectivity index (χ1n) is 5.72. The second-order valence-corrected chi connectivity index (χ2v) is 7.67. The Kier molecular flexibility index (Phi) is 4.33. The maximum Gasteiger partial charge on any atom is 0.244 e. The summed E-state index contributed by atoms with van der Waals surface area (Å²) in [5.41, 5.74) is 8.53. The minimum absolute atomic E-state index is 0.0537. The van der Waals surface area contributed by atoms with Gasteiger partial charge in [-0.3, -0.25) is 0 Å².